The van der Waals surface area contributed by atoms with Crippen molar-refractivity contribution in [1.29, 1.82) is 0 Å². The lowest BCUT2D eigenvalue weighted by Crippen LogP contribution is -2.61. The zero-order chi connectivity index (χ0) is 39.8. The van der Waals surface area contributed by atoms with Crippen molar-refractivity contribution in [3.63, 3.8) is 0 Å². The molecule has 0 radical (unpaired) electrons. The number of nitrogens with one attached hydrogen (secondary N) is 5. The second-order valence-corrected chi connectivity index (χ2v) is 16.8. The molecule has 3 fully saturated rings. The van der Waals surface area contributed by atoms with Gasteiger partial charge >= 0.3 is 6.09 Å². The van der Waals surface area contributed by atoms with Crippen molar-refractivity contribution in [3.05, 3.63) is 24.3 Å². The summed E-state index contributed by atoms with van der Waals surface area (Å²) in [5.41, 5.74) is -1.61. The Hall–Kier alpha value is -4.63. The third-order valence-corrected chi connectivity index (χ3v) is 9.88. The Morgan fingerprint density at radius 2 is 1.54 bits per heavy atom. The van der Waals surface area contributed by atoms with Crippen molar-refractivity contribution in [2.45, 2.75) is 142 Å². The largest absolute Gasteiger partial charge is 0.444 e. The standard InChI is InChI=1S/C38H58N8O8/c1-8-12-25(29(47)34(51)41-23-15-16-23)42-31(48)24-20-46(36(53)54-38(5,6)7)21-27(24)43-35(52)30(37(2,3)4)45-33(50)28(22-13-10-9-11-14-22)44-32(49)26-19-39-17-18-40-26/h17-19,22-25,27-28,30H,8-16,20-21H2,1-7H3,(H,41,51)(H,42,48)(H,43,52)(H,44,49)(H,45,50)/t24?,25?,27?,28-,30?/m0/s1. The van der Waals surface area contributed by atoms with Crippen molar-refractivity contribution in [2.75, 3.05) is 13.1 Å². The summed E-state index contributed by atoms with van der Waals surface area (Å²) < 4.78 is 5.57. The summed E-state index contributed by atoms with van der Waals surface area (Å²) in [6.07, 6.45) is 10.0. The highest BCUT2D eigenvalue weighted by atomic mass is 16.6. The fourth-order valence-corrected chi connectivity index (χ4v) is 6.84. The van der Waals surface area contributed by atoms with Crippen LogP contribution in [0.4, 0.5) is 4.79 Å². The summed E-state index contributed by atoms with van der Waals surface area (Å²) in [6.45, 7) is 12.1. The number of amides is 6. The van der Waals surface area contributed by atoms with E-state index in [4.69, 9.17) is 4.74 Å². The fraction of sp³-hybridized carbons (Fsp3) is 0.711. The van der Waals surface area contributed by atoms with Crippen molar-refractivity contribution in [3.8, 4) is 0 Å². The van der Waals surface area contributed by atoms with Gasteiger partial charge < -0.3 is 36.2 Å². The van der Waals surface area contributed by atoms with Gasteiger partial charge in [0, 0.05) is 31.5 Å². The lowest BCUT2D eigenvalue weighted by molar-refractivity contribution is -0.140. The van der Waals surface area contributed by atoms with E-state index in [1.54, 1.807) is 41.5 Å². The number of Topliss-reactive ketones (excluding diaryl/α,β-unsaturated/α-hetero) is 1. The molecule has 2 heterocycles. The Balaban J connectivity index is 1.55. The third-order valence-electron chi connectivity index (χ3n) is 9.88. The van der Waals surface area contributed by atoms with Crippen LogP contribution in [0.2, 0.25) is 0 Å². The van der Waals surface area contributed by atoms with Gasteiger partial charge in [0.15, 0.2) is 0 Å². The van der Waals surface area contributed by atoms with E-state index >= 15 is 0 Å². The average molecular weight is 755 g/mol. The second-order valence-electron chi connectivity index (χ2n) is 16.8. The zero-order valence-electron chi connectivity index (χ0n) is 32.7. The molecule has 3 aliphatic rings. The zero-order valence-corrected chi connectivity index (χ0v) is 32.7. The Labute approximate surface area is 317 Å². The highest BCUT2D eigenvalue weighted by molar-refractivity contribution is 6.38. The first-order valence-electron chi connectivity index (χ1n) is 19.2. The summed E-state index contributed by atoms with van der Waals surface area (Å²) in [6, 6.07) is -4.14. The van der Waals surface area contributed by atoms with Gasteiger partial charge in [0.2, 0.25) is 23.5 Å². The molecule has 2 aliphatic carbocycles. The van der Waals surface area contributed by atoms with Crippen LogP contribution in [-0.2, 0) is 28.7 Å². The molecule has 4 rings (SSSR count). The van der Waals surface area contributed by atoms with Crippen LogP contribution in [0.3, 0.4) is 0 Å². The lowest BCUT2D eigenvalue weighted by Gasteiger charge is -2.35. The number of carbonyl (C=O) groups excluding carboxylic acids is 7. The molecule has 5 N–H and O–H groups in total. The SMILES string of the molecule is CCCC(NC(=O)C1CN(C(=O)OC(C)(C)C)CC1NC(=O)C(NC(=O)[C@@H](NC(=O)c1cnccn1)C1CCCCC1)C(C)(C)C)C(=O)C(=O)NC1CC1. The Bertz CT molecular complexity index is 1530. The highest BCUT2D eigenvalue weighted by Gasteiger charge is 2.45. The molecule has 0 spiro atoms. The van der Waals surface area contributed by atoms with E-state index < -0.39 is 82.5 Å². The Morgan fingerprint density at radius 1 is 0.852 bits per heavy atom. The van der Waals surface area contributed by atoms with Crippen molar-refractivity contribution in [2.24, 2.45) is 17.3 Å². The van der Waals surface area contributed by atoms with Crippen LogP contribution in [0, 0.1) is 17.3 Å². The Kier molecular flexibility index (Phi) is 14.1. The molecular formula is C38H58N8O8. The normalized spacial score (nSPS) is 20.8. The van der Waals surface area contributed by atoms with Gasteiger partial charge in [-0.25, -0.2) is 9.78 Å². The number of likely N-dealkylation sites (tertiary alicyclic amines) is 1. The summed E-state index contributed by atoms with van der Waals surface area (Å²) in [5, 5.41) is 14.0. The second kappa shape index (κ2) is 18.1. The molecule has 0 aromatic carbocycles. The van der Waals surface area contributed by atoms with E-state index in [2.05, 4.69) is 36.6 Å². The molecule has 16 nitrogen and oxygen atoms in total. The first-order chi connectivity index (χ1) is 25.4. The topological polar surface area (TPSA) is 218 Å². The van der Waals surface area contributed by atoms with E-state index in [0.29, 0.717) is 19.3 Å². The summed E-state index contributed by atoms with van der Waals surface area (Å²) >= 11 is 0. The first-order valence-corrected chi connectivity index (χ1v) is 19.2. The molecule has 298 valence electrons. The molecule has 2 saturated carbocycles. The molecule has 54 heavy (non-hydrogen) atoms. The number of hydrogen-bond acceptors (Lipinski definition) is 10. The van der Waals surface area contributed by atoms with Crippen molar-refractivity contribution < 1.29 is 38.3 Å². The number of ketones is 1. The minimum atomic E-state index is -1.12. The predicted molar refractivity (Wildman–Crippen MR) is 197 cm³/mol. The van der Waals surface area contributed by atoms with Gasteiger partial charge in [-0.15, -0.1) is 0 Å². The maximum atomic E-state index is 14.2. The van der Waals surface area contributed by atoms with Gasteiger partial charge in [0.1, 0.15) is 23.4 Å². The van der Waals surface area contributed by atoms with Gasteiger partial charge in [-0.3, -0.25) is 33.8 Å². The quantitative estimate of drug-likeness (QED) is 0.174. The van der Waals surface area contributed by atoms with E-state index in [9.17, 15) is 33.6 Å². The summed E-state index contributed by atoms with van der Waals surface area (Å²) in [5.74, 6) is -5.00. The van der Waals surface area contributed by atoms with Gasteiger partial charge in [0.05, 0.1) is 24.2 Å². The van der Waals surface area contributed by atoms with Crippen LogP contribution in [0.1, 0.15) is 117 Å². The lowest BCUT2D eigenvalue weighted by atomic mass is 9.82. The molecule has 0 bridgehead atoms. The average Bonchev–Trinajstić information content (AvgIpc) is 3.83. The summed E-state index contributed by atoms with van der Waals surface area (Å²) in [7, 11) is 0. The van der Waals surface area contributed by atoms with Gasteiger partial charge in [0.25, 0.3) is 11.8 Å². The third kappa shape index (κ3) is 11.9. The molecule has 4 unspecified atom stereocenters. The fourth-order valence-electron chi connectivity index (χ4n) is 6.84. The number of hydrogen-bond donors (Lipinski definition) is 5. The number of aromatic nitrogens is 2. The maximum Gasteiger partial charge on any atom is 0.410 e. The Morgan fingerprint density at radius 3 is 2.11 bits per heavy atom. The van der Waals surface area contributed by atoms with E-state index in [1.165, 1.54) is 23.5 Å². The van der Waals surface area contributed by atoms with E-state index in [0.717, 1.165) is 32.1 Å². The van der Waals surface area contributed by atoms with Crippen LogP contribution in [0.25, 0.3) is 0 Å². The maximum absolute atomic E-state index is 14.2. The van der Waals surface area contributed by atoms with Crippen LogP contribution in [0.15, 0.2) is 18.6 Å². The molecule has 5 atom stereocenters. The number of carbonyl (C=O) groups is 7. The number of rotatable bonds is 14. The highest BCUT2D eigenvalue weighted by Crippen LogP contribution is 2.29. The number of nitrogens with zero attached hydrogens (tertiary/aromatic N) is 3. The van der Waals surface area contributed by atoms with Gasteiger partial charge in [-0.05, 0) is 64.2 Å². The summed E-state index contributed by atoms with van der Waals surface area (Å²) in [4.78, 5) is 104. The monoisotopic (exact) mass is 754 g/mol. The van der Waals surface area contributed by atoms with Gasteiger partial charge in [-0.2, -0.15) is 0 Å². The number of ether oxygens (including phenoxy) is 1. The van der Waals surface area contributed by atoms with E-state index in [-0.39, 0.29) is 37.2 Å². The van der Waals surface area contributed by atoms with Crippen LogP contribution < -0.4 is 26.6 Å². The van der Waals surface area contributed by atoms with Crippen LogP contribution >= 0.6 is 0 Å². The van der Waals surface area contributed by atoms with Gasteiger partial charge in [-0.1, -0.05) is 53.4 Å². The minimum Gasteiger partial charge on any atom is -0.444 e. The molecule has 1 aromatic rings. The van der Waals surface area contributed by atoms with Crippen LogP contribution in [0.5, 0.6) is 0 Å². The smallest absolute Gasteiger partial charge is 0.410 e. The molecule has 16 heteroatoms. The predicted octanol–water partition coefficient (Wildman–Crippen LogP) is 2.17. The van der Waals surface area contributed by atoms with Crippen molar-refractivity contribution in [1.82, 2.24) is 41.5 Å². The van der Waals surface area contributed by atoms with Crippen molar-refractivity contribution >= 4 is 41.4 Å². The molecule has 1 aromatic heterocycles. The van der Waals surface area contributed by atoms with Crippen LogP contribution in [-0.4, -0.2) is 105 Å². The minimum absolute atomic E-state index is 0.0418. The molecule has 1 aliphatic heterocycles. The van der Waals surface area contributed by atoms with E-state index in [1.807, 2.05) is 6.92 Å². The molecule has 6 amide bonds. The molecular weight excluding hydrogens is 696 g/mol. The molecule has 1 saturated heterocycles. The first kappa shape index (κ1) is 42.1.